The number of likely N-dealkylation sites (tertiary alicyclic amines) is 1. The Kier molecular flexibility index (Phi) is 4.68. The lowest BCUT2D eigenvalue weighted by Gasteiger charge is -2.32. The van der Waals surface area contributed by atoms with Crippen LogP contribution in [0.1, 0.15) is 34.9 Å². The van der Waals surface area contributed by atoms with Gasteiger partial charge in [0.05, 0.1) is 16.0 Å². The number of nitro benzene ring substituents is 1. The fourth-order valence-electron chi connectivity index (χ4n) is 3.76. The molecule has 0 spiro atoms. The number of aromatic nitrogens is 2. The second-order valence-electron chi connectivity index (χ2n) is 6.97. The Morgan fingerprint density at radius 3 is 2.89 bits per heavy atom. The summed E-state index contributed by atoms with van der Waals surface area (Å²) >= 11 is 0. The van der Waals surface area contributed by atoms with Crippen molar-refractivity contribution in [2.24, 2.45) is 0 Å². The zero-order valence-electron chi connectivity index (χ0n) is 15.5. The Hall–Kier alpha value is -3.42. The molecule has 1 fully saturated rings. The van der Waals surface area contributed by atoms with Crippen molar-refractivity contribution in [1.29, 1.82) is 0 Å². The van der Waals surface area contributed by atoms with Crippen molar-refractivity contribution in [1.82, 2.24) is 14.9 Å². The van der Waals surface area contributed by atoms with Crippen LogP contribution in [0.4, 0.5) is 11.4 Å². The van der Waals surface area contributed by atoms with E-state index in [1.807, 2.05) is 24.3 Å². The summed E-state index contributed by atoms with van der Waals surface area (Å²) in [6.45, 7) is 1.18. The van der Waals surface area contributed by atoms with Crippen LogP contribution in [-0.2, 0) is 0 Å². The SMILES string of the molecule is CNc1ccc(C(=O)N2CCC[C@@H](c3nc4ccccc4[nH]3)C2)cc1[N+](=O)[O-]. The Morgan fingerprint density at radius 2 is 2.14 bits per heavy atom. The molecule has 0 saturated carbocycles. The first-order valence-corrected chi connectivity index (χ1v) is 9.27. The summed E-state index contributed by atoms with van der Waals surface area (Å²) in [4.78, 5) is 33.6. The summed E-state index contributed by atoms with van der Waals surface area (Å²) in [5.41, 5.74) is 2.52. The number of benzene rings is 2. The molecule has 0 aliphatic carbocycles. The van der Waals surface area contributed by atoms with Gasteiger partial charge >= 0.3 is 0 Å². The third-order valence-electron chi connectivity index (χ3n) is 5.21. The first kappa shape index (κ1) is 18.0. The number of nitro groups is 1. The molecule has 2 N–H and O–H groups in total. The lowest BCUT2D eigenvalue weighted by molar-refractivity contribution is -0.384. The number of imidazole rings is 1. The van der Waals surface area contributed by atoms with Crippen molar-refractivity contribution in [2.45, 2.75) is 18.8 Å². The van der Waals surface area contributed by atoms with Crippen molar-refractivity contribution in [3.63, 3.8) is 0 Å². The Labute approximate surface area is 161 Å². The molecule has 1 amide bonds. The van der Waals surface area contributed by atoms with E-state index in [0.717, 1.165) is 29.7 Å². The number of H-pyrrole nitrogens is 1. The van der Waals surface area contributed by atoms with Crippen LogP contribution in [0.5, 0.6) is 0 Å². The predicted octanol–water partition coefficient (Wildman–Crippen LogP) is 3.53. The monoisotopic (exact) mass is 379 g/mol. The molecule has 4 rings (SSSR count). The summed E-state index contributed by atoms with van der Waals surface area (Å²) in [6.07, 6.45) is 1.81. The molecule has 1 atom stereocenters. The number of hydrogen-bond donors (Lipinski definition) is 2. The minimum absolute atomic E-state index is 0.0980. The largest absolute Gasteiger partial charge is 0.383 e. The third-order valence-corrected chi connectivity index (χ3v) is 5.21. The number of rotatable bonds is 4. The molecule has 0 bridgehead atoms. The third kappa shape index (κ3) is 3.28. The normalized spacial score (nSPS) is 16.9. The maximum atomic E-state index is 13.0. The van der Waals surface area contributed by atoms with Crippen molar-refractivity contribution >= 4 is 28.3 Å². The van der Waals surface area contributed by atoms with Gasteiger partial charge in [0.15, 0.2) is 0 Å². The molecule has 2 heterocycles. The second kappa shape index (κ2) is 7.30. The van der Waals surface area contributed by atoms with Crippen LogP contribution in [0.2, 0.25) is 0 Å². The molecule has 1 aromatic heterocycles. The molecule has 8 nitrogen and oxygen atoms in total. The predicted molar refractivity (Wildman–Crippen MR) is 107 cm³/mol. The maximum Gasteiger partial charge on any atom is 0.293 e. The van der Waals surface area contributed by atoms with Crippen LogP contribution < -0.4 is 5.32 Å². The lowest BCUT2D eigenvalue weighted by atomic mass is 9.96. The number of carbonyl (C=O) groups is 1. The second-order valence-corrected chi connectivity index (χ2v) is 6.97. The van der Waals surface area contributed by atoms with E-state index in [-0.39, 0.29) is 17.5 Å². The Morgan fingerprint density at radius 1 is 1.32 bits per heavy atom. The van der Waals surface area contributed by atoms with Crippen LogP contribution in [-0.4, -0.2) is 45.8 Å². The number of nitrogens with zero attached hydrogens (tertiary/aromatic N) is 3. The molecule has 28 heavy (non-hydrogen) atoms. The number of nitrogens with one attached hydrogen (secondary N) is 2. The summed E-state index contributed by atoms with van der Waals surface area (Å²) in [5.74, 6) is 0.818. The molecular weight excluding hydrogens is 358 g/mol. The van der Waals surface area contributed by atoms with E-state index in [4.69, 9.17) is 0 Å². The quantitative estimate of drug-likeness (QED) is 0.533. The zero-order chi connectivity index (χ0) is 19.7. The van der Waals surface area contributed by atoms with E-state index in [1.165, 1.54) is 6.07 Å². The number of fused-ring (bicyclic) bond motifs is 1. The average molecular weight is 379 g/mol. The topological polar surface area (TPSA) is 104 Å². The van der Waals surface area contributed by atoms with Gasteiger partial charge in [-0.25, -0.2) is 4.98 Å². The van der Waals surface area contributed by atoms with E-state index >= 15 is 0 Å². The maximum absolute atomic E-state index is 13.0. The van der Waals surface area contributed by atoms with Gasteiger partial charge in [-0.05, 0) is 37.1 Å². The summed E-state index contributed by atoms with van der Waals surface area (Å²) in [5, 5.41) is 14.1. The highest BCUT2D eigenvalue weighted by atomic mass is 16.6. The number of piperidine rings is 1. The van der Waals surface area contributed by atoms with Crippen LogP contribution in [0, 0.1) is 10.1 Å². The number of amides is 1. The average Bonchev–Trinajstić information content (AvgIpc) is 3.17. The minimum Gasteiger partial charge on any atom is -0.383 e. The Bertz CT molecular complexity index is 1010. The van der Waals surface area contributed by atoms with Gasteiger partial charge in [-0.3, -0.25) is 14.9 Å². The standard InChI is InChI=1S/C20H21N5O3/c1-21-17-9-8-13(11-18(17)25(27)28)20(26)24-10-4-5-14(12-24)19-22-15-6-2-3-7-16(15)23-19/h2-3,6-9,11,14,21H,4-5,10,12H2,1H3,(H,22,23)/t14-/m1/s1. The van der Waals surface area contributed by atoms with E-state index in [2.05, 4.69) is 15.3 Å². The van der Waals surface area contributed by atoms with E-state index in [9.17, 15) is 14.9 Å². The highest BCUT2D eigenvalue weighted by Crippen LogP contribution is 2.29. The molecule has 2 aromatic carbocycles. The molecule has 0 unspecified atom stereocenters. The molecule has 1 saturated heterocycles. The number of para-hydroxylation sites is 2. The fourth-order valence-corrected chi connectivity index (χ4v) is 3.76. The van der Waals surface area contributed by atoms with Crippen molar-refractivity contribution < 1.29 is 9.72 Å². The first-order chi connectivity index (χ1) is 13.6. The van der Waals surface area contributed by atoms with Gasteiger partial charge < -0.3 is 15.2 Å². The van der Waals surface area contributed by atoms with Crippen molar-refractivity contribution in [2.75, 3.05) is 25.5 Å². The summed E-state index contributed by atoms with van der Waals surface area (Å²) in [6, 6.07) is 12.4. The van der Waals surface area contributed by atoms with Gasteiger partial charge in [-0.1, -0.05) is 12.1 Å². The Balaban J connectivity index is 1.56. The molecular formula is C20H21N5O3. The minimum atomic E-state index is -0.476. The molecule has 0 radical (unpaired) electrons. The van der Waals surface area contributed by atoms with Crippen LogP contribution >= 0.6 is 0 Å². The van der Waals surface area contributed by atoms with Crippen LogP contribution in [0.3, 0.4) is 0 Å². The van der Waals surface area contributed by atoms with E-state index in [0.29, 0.717) is 24.3 Å². The van der Waals surface area contributed by atoms with Crippen molar-refractivity contribution in [3.05, 3.63) is 64.0 Å². The smallest absolute Gasteiger partial charge is 0.293 e. The number of anilines is 1. The van der Waals surface area contributed by atoms with E-state index in [1.54, 1.807) is 24.1 Å². The molecule has 8 heteroatoms. The van der Waals surface area contributed by atoms with Gasteiger partial charge in [-0.15, -0.1) is 0 Å². The molecule has 3 aromatic rings. The molecule has 1 aliphatic rings. The highest BCUT2D eigenvalue weighted by Gasteiger charge is 2.28. The fraction of sp³-hybridized carbons (Fsp3) is 0.300. The van der Waals surface area contributed by atoms with Crippen molar-refractivity contribution in [3.8, 4) is 0 Å². The van der Waals surface area contributed by atoms with Gasteiger partial charge in [0, 0.05) is 37.7 Å². The van der Waals surface area contributed by atoms with Crippen LogP contribution in [0.15, 0.2) is 42.5 Å². The molecule has 144 valence electrons. The van der Waals surface area contributed by atoms with E-state index < -0.39 is 4.92 Å². The summed E-state index contributed by atoms with van der Waals surface area (Å²) < 4.78 is 0. The van der Waals surface area contributed by atoms with Gasteiger partial charge in [-0.2, -0.15) is 0 Å². The lowest BCUT2D eigenvalue weighted by Crippen LogP contribution is -2.39. The number of carbonyl (C=O) groups excluding carboxylic acids is 1. The zero-order valence-corrected chi connectivity index (χ0v) is 15.5. The molecule has 1 aliphatic heterocycles. The highest BCUT2D eigenvalue weighted by molar-refractivity contribution is 5.96. The number of aromatic amines is 1. The number of hydrogen-bond acceptors (Lipinski definition) is 5. The first-order valence-electron chi connectivity index (χ1n) is 9.27. The summed E-state index contributed by atoms with van der Waals surface area (Å²) in [7, 11) is 1.62. The van der Waals surface area contributed by atoms with Gasteiger partial charge in [0.2, 0.25) is 0 Å². The van der Waals surface area contributed by atoms with Gasteiger partial charge in [0.25, 0.3) is 11.6 Å². The van der Waals surface area contributed by atoms with Gasteiger partial charge in [0.1, 0.15) is 11.5 Å². The van der Waals surface area contributed by atoms with Crippen LogP contribution in [0.25, 0.3) is 11.0 Å².